The molecular weight excluding hydrogens is 322 g/mol. The van der Waals surface area contributed by atoms with Crippen molar-refractivity contribution in [2.75, 3.05) is 12.9 Å². The molecule has 2 atom stereocenters. The van der Waals surface area contributed by atoms with E-state index in [-0.39, 0.29) is 23.8 Å². The van der Waals surface area contributed by atoms with Crippen LogP contribution in [0.1, 0.15) is 12.6 Å². The lowest BCUT2D eigenvalue weighted by molar-refractivity contribution is -0.117. The molecule has 2 heterocycles. The van der Waals surface area contributed by atoms with Gasteiger partial charge in [-0.05, 0) is 31.4 Å². The van der Waals surface area contributed by atoms with Gasteiger partial charge in [0, 0.05) is 23.6 Å². The van der Waals surface area contributed by atoms with Gasteiger partial charge in [0.15, 0.2) is 5.15 Å². The number of hydrogen-bond donors (Lipinski definition) is 2. The highest BCUT2D eigenvalue weighted by Crippen LogP contribution is 2.18. The van der Waals surface area contributed by atoms with E-state index in [9.17, 15) is 9.90 Å². The summed E-state index contributed by atoms with van der Waals surface area (Å²) in [6.07, 6.45) is 6.80. The normalized spacial score (nSPS) is 14.4. The van der Waals surface area contributed by atoms with Crippen LogP contribution < -0.4 is 5.32 Å². The van der Waals surface area contributed by atoms with Gasteiger partial charge in [-0.1, -0.05) is 17.7 Å². The molecule has 0 saturated carbocycles. The third-order valence-electron chi connectivity index (χ3n) is 3.32. The summed E-state index contributed by atoms with van der Waals surface area (Å²) < 4.78 is 1.81. The number of aromatic nitrogens is 2. The van der Waals surface area contributed by atoms with Gasteiger partial charge in [-0.25, -0.2) is 4.98 Å². The number of fused-ring (bicyclic) bond motifs is 1. The first-order valence-electron chi connectivity index (χ1n) is 6.81. The number of imidazole rings is 1. The van der Waals surface area contributed by atoms with E-state index < -0.39 is 0 Å². The van der Waals surface area contributed by atoms with Crippen molar-refractivity contribution in [3.63, 3.8) is 0 Å². The topological polar surface area (TPSA) is 66.6 Å². The number of halogens is 1. The molecule has 0 aliphatic carbocycles. The van der Waals surface area contributed by atoms with Crippen molar-refractivity contribution in [1.82, 2.24) is 14.7 Å². The highest BCUT2D eigenvalue weighted by atomic mass is 35.5. The minimum absolute atomic E-state index is 0.0193. The number of nitrogens with zero attached hydrogens (tertiary/aromatic N) is 2. The molecule has 22 heavy (non-hydrogen) atoms. The molecule has 0 saturated heterocycles. The summed E-state index contributed by atoms with van der Waals surface area (Å²) in [6, 6.07) is 5.46. The number of nitrogens with one attached hydrogen (secondary N) is 1. The molecule has 7 heteroatoms. The van der Waals surface area contributed by atoms with Gasteiger partial charge in [0.25, 0.3) is 0 Å². The Bertz CT molecular complexity index is 682. The van der Waals surface area contributed by atoms with Gasteiger partial charge in [-0.2, -0.15) is 11.8 Å². The van der Waals surface area contributed by atoms with Crippen LogP contribution >= 0.6 is 23.4 Å². The molecule has 2 unspecified atom stereocenters. The minimum atomic E-state index is -0.234. The second-order valence-electron chi connectivity index (χ2n) is 4.80. The maximum absolute atomic E-state index is 12.0. The third-order valence-corrected chi connectivity index (χ3v) is 4.77. The first-order valence-corrected chi connectivity index (χ1v) is 8.48. The zero-order valence-corrected chi connectivity index (χ0v) is 13.9. The molecule has 0 aliphatic heterocycles. The Hall–Kier alpha value is -1.50. The van der Waals surface area contributed by atoms with Gasteiger partial charge in [0.2, 0.25) is 5.91 Å². The molecule has 0 aliphatic rings. The highest BCUT2D eigenvalue weighted by Gasteiger charge is 2.16. The quantitative estimate of drug-likeness (QED) is 0.792. The van der Waals surface area contributed by atoms with Gasteiger partial charge >= 0.3 is 0 Å². The lowest BCUT2D eigenvalue weighted by atomic mass is 10.2. The number of rotatable bonds is 6. The lowest BCUT2D eigenvalue weighted by Gasteiger charge is -2.20. The molecule has 0 bridgehead atoms. The standard InChI is InChI=1S/C15H18ClN3O2S/c1-10(12(9-20)22-2)17-14(21)7-6-11-15(16)18-13-5-3-4-8-19(11)13/h3-8,10,12,20H,9H2,1-2H3,(H,17,21)/b7-6+. The van der Waals surface area contributed by atoms with E-state index >= 15 is 0 Å². The third kappa shape index (κ3) is 3.82. The first kappa shape index (κ1) is 16.9. The van der Waals surface area contributed by atoms with Crippen LogP contribution in [0.3, 0.4) is 0 Å². The summed E-state index contributed by atoms with van der Waals surface area (Å²) in [6.45, 7) is 1.88. The van der Waals surface area contributed by atoms with Gasteiger partial charge in [0.05, 0.1) is 12.3 Å². The van der Waals surface area contributed by atoms with Crippen LogP contribution in [0.2, 0.25) is 5.15 Å². The monoisotopic (exact) mass is 339 g/mol. The summed E-state index contributed by atoms with van der Waals surface area (Å²) in [5.41, 5.74) is 1.38. The van der Waals surface area contributed by atoms with Crippen LogP contribution in [0.5, 0.6) is 0 Å². The van der Waals surface area contributed by atoms with Crippen molar-refractivity contribution in [3.05, 3.63) is 41.3 Å². The van der Waals surface area contributed by atoms with Gasteiger partial charge in [0.1, 0.15) is 5.65 Å². The van der Waals surface area contributed by atoms with Crippen molar-refractivity contribution < 1.29 is 9.90 Å². The Morgan fingerprint density at radius 1 is 1.59 bits per heavy atom. The predicted molar refractivity (Wildman–Crippen MR) is 91.2 cm³/mol. The summed E-state index contributed by atoms with van der Waals surface area (Å²) in [5.74, 6) is -0.234. The van der Waals surface area contributed by atoms with Crippen LogP contribution in [0.4, 0.5) is 0 Å². The molecule has 5 nitrogen and oxygen atoms in total. The molecular formula is C15H18ClN3O2S. The highest BCUT2D eigenvalue weighted by molar-refractivity contribution is 7.99. The SMILES string of the molecule is CSC(CO)C(C)NC(=O)/C=C/c1c(Cl)nc2ccccn12. The molecule has 0 radical (unpaired) electrons. The zero-order chi connectivity index (χ0) is 16.1. The Morgan fingerprint density at radius 2 is 2.36 bits per heavy atom. The van der Waals surface area contributed by atoms with Crippen molar-refractivity contribution in [3.8, 4) is 0 Å². The Balaban J connectivity index is 2.10. The Labute approximate surface area is 138 Å². The number of amides is 1. The van der Waals surface area contributed by atoms with Crippen molar-refractivity contribution in [2.24, 2.45) is 0 Å². The van der Waals surface area contributed by atoms with Crippen LogP contribution in [0.15, 0.2) is 30.5 Å². The van der Waals surface area contributed by atoms with Crippen LogP contribution in [-0.4, -0.2) is 44.6 Å². The van der Waals surface area contributed by atoms with E-state index in [4.69, 9.17) is 11.6 Å². The van der Waals surface area contributed by atoms with E-state index in [1.165, 1.54) is 17.8 Å². The van der Waals surface area contributed by atoms with E-state index in [0.717, 1.165) is 5.65 Å². The number of hydrogen-bond acceptors (Lipinski definition) is 4. The summed E-state index contributed by atoms with van der Waals surface area (Å²) >= 11 is 7.62. The van der Waals surface area contributed by atoms with Crippen molar-refractivity contribution >= 4 is 41.0 Å². The fourth-order valence-corrected chi connectivity index (χ4v) is 2.96. The van der Waals surface area contributed by atoms with Gasteiger partial charge in [-0.15, -0.1) is 0 Å². The smallest absolute Gasteiger partial charge is 0.244 e. The number of aliphatic hydroxyl groups is 1. The molecule has 2 N–H and O–H groups in total. The largest absolute Gasteiger partial charge is 0.395 e. The van der Waals surface area contributed by atoms with Crippen LogP contribution in [0.25, 0.3) is 11.7 Å². The zero-order valence-electron chi connectivity index (χ0n) is 12.4. The van der Waals surface area contributed by atoms with E-state index in [1.807, 2.05) is 42.0 Å². The maximum Gasteiger partial charge on any atom is 0.244 e. The average molecular weight is 340 g/mol. The second kappa shape index (κ2) is 7.67. The fraction of sp³-hybridized carbons (Fsp3) is 0.333. The van der Waals surface area contributed by atoms with Gasteiger partial charge in [-0.3, -0.25) is 9.20 Å². The van der Waals surface area contributed by atoms with Crippen molar-refractivity contribution in [1.29, 1.82) is 0 Å². The second-order valence-corrected chi connectivity index (χ2v) is 6.24. The molecule has 1 amide bonds. The van der Waals surface area contributed by atoms with E-state index in [2.05, 4.69) is 10.3 Å². The Morgan fingerprint density at radius 3 is 3.05 bits per heavy atom. The molecule has 0 spiro atoms. The first-order chi connectivity index (χ1) is 10.6. The molecule has 2 aromatic rings. The minimum Gasteiger partial charge on any atom is -0.395 e. The number of aliphatic hydroxyl groups excluding tert-OH is 1. The average Bonchev–Trinajstić information content (AvgIpc) is 2.81. The van der Waals surface area contributed by atoms with Crippen LogP contribution in [-0.2, 0) is 4.79 Å². The molecule has 0 fully saturated rings. The van der Waals surface area contributed by atoms with E-state index in [0.29, 0.717) is 10.8 Å². The summed E-state index contributed by atoms with van der Waals surface area (Å²) in [4.78, 5) is 16.2. The number of thioether (sulfide) groups is 1. The lowest BCUT2D eigenvalue weighted by Crippen LogP contribution is -2.40. The molecule has 2 aromatic heterocycles. The summed E-state index contributed by atoms with van der Waals surface area (Å²) in [5, 5.41) is 12.4. The summed E-state index contributed by atoms with van der Waals surface area (Å²) in [7, 11) is 0. The molecule has 0 aromatic carbocycles. The predicted octanol–water partition coefficient (Wildman–Crippen LogP) is 2.23. The Kier molecular flexibility index (Phi) is 5.88. The number of pyridine rings is 1. The fourth-order valence-electron chi connectivity index (χ4n) is 2.09. The molecule has 2 rings (SSSR count). The van der Waals surface area contributed by atoms with Crippen molar-refractivity contribution in [2.45, 2.75) is 18.2 Å². The van der Waals surface area contributed by atoms with E-state index in [1.54, 1.807) is 6.08 Å². The number of carbonyl (C=O) groups excluding carboxylic acids is 1. The maximum atomic E-state index is 12.0. The molecule has 118 valence electrons. The van der Waals surface area contributed by atoms with Crippen LogP contribution in [0, 0.1) is 0 Å². The van der Waals surface area contributed by atoms with Gasteiger partial charge < -0.3 is 10.4 Å². The number of carbonyl (C=O) groups is 1.